The SMILES string of the molecule is O=CN1CCN(c2ccnc(Nc3ccc(F)c(Cl)c3)n2)CC1. The van der Waals surface area contributed by atoms with Crippen LogP contribution in [0.3, 0.4) is 0 Å². The van der Waals surface area contributed by atoms with Crippen molar-refractivity contribution in [2.75, 3.05) is 36.4 Å². The minimum absolute atomic E-state index is 0.0381. The standard InChI is InChI=1S/C15H15ClFN5O/c16-12-9-11(1-2-13(12)17)19-15-18-4-3-14(20-15)22-7-5-21(10-23)6-8-22/h1-4,9-10H,5-8H2,(H,18,19,20). The normalized spacial score (nSPS) is 14.7. The van der Waals surface area contributed by atoms with Crippen LogP contribution in [0.5, 0.6) is 0 Å². The molecule has 3 rings (SSSR count). The Morgan fingerprint density at radius 3 is 2.70 bits per heavy atom. The van der Waals surface area contributed by atoms with E-state index in [0.29, 0.717) is 24.7 Å². The molecule has 1 aromatic carbocycles. The van der Waals surface area contributed by atoms with Gasteiger partial charge in [0.2, 0.25) is 12.4 Å². The third-order valence-electron chi connectivity index (χ3n) is 3.60. The molecule has 1 aliphatic rings. The van der Waals surface area contributed by atoms with Gasteiger partial charge in [-0.25, -0.2) is 9.37 Å². The fourth-order valence-electron chi connectivity index (χ4n) is 2.34. The van der Waals surface area contributed by atoms with Crippen LogP contribution in [0.4, 0.5) is 21.8 Å². The lowest BCUT2D eigenvalue weighted by atomic mass is 10.3. The second-order valence-corrected chi connectivity index (χ2v) is 5.53. The Bertz CT molecular complexity index is 706. The van der Waals surface area contributed by atoms with Gasteiger partial charge >= 0.3 is 0 Å². The quantitative estimate of drug-likeness (QED) is 0.869. The molecule has 0 aliphatic carbocycles. The summed E-state index contributed by atoms with van der Waals surface area (Å²) < 4.78 is 13.2. The summed E-state index contributed by atoms with van der Waals surface area (Å²) in [5, 5.41) is 3.04. The lowest BCUT2D eigenvalue weighted by Crippen LogP contribution is -2.46. The summed E-state index contributed by atoms with van der Waals surface area (Å²) >= 11 is 5.76. The van der Waals surface area contributed by atoms with Crippen molar-refractivity contribution in [1.82, 2.24) is 14.9 Å². The van der Waals surface area contributed by atoms with Gasteiger partial charge in [0.25, 0.3) is 0 Å². The summed E-state index contributed by atoms with van der Waals surface area (Å²) in [4.78, 5) is 23.2. The molecule has 1 fully saturated rings. The highest BCUT2D eigenvalue weighted by Gasteiger charge is 2.17. The Morgan fingerprint density at radius 1 is 1.22 bits per heavy atom. The van der Waals surface area contributed by atoms with E-state index in [1.54, 1.807) is 17.2 Å². The zero-order chi connectivity index (χ0) is 16.2. The van der Waals surface area contributed by atoms with Crippen LogP contribution in [-0.4, -0.2) is 47.5 Å². The van der Waals surface area contributed by atoms with Gasteiger partial charge in [-0.2, -0.15) is 4.98 Å². The van der Waals surface area contributed by atoms with Gasteiger partial charge in [0.1, 0.15) is 11.6 Å². The first-order chi connectivity index (χ1) is 11.2. The van der Waals surface area contributed by atoms with E-state index in [1.165, 1.54) is 12.1 Å². The number of benzene rings is 1. The van der Waals surface area contributed by atoms with Gasteiger partial charge in [0.15, 0.2) is 0 Å². The molecular weight excluding hydrogens is 321 g/mol. The van der Waals surface area contributed by atoms with Crippen molar-refractivity contribution in [3.05, 3.63) is 41.3 Å². The number of nitrogens with one attached hydrogen (secondary N) is 1. The van der Waals surface area contributed by atoms with Gasteiger partial charge in [-0.1, -0.05) is 11.6 Å². The molecule has 1 amide bonds. The van der Waals surface area contributed by atoms with Gasteiger partial charge in [-0.15, -0.1) is 0 Å². The van der Waals surface area contributed by atoms with Crippen LogP contribution >= 0.6 is 11.6 Å². The molecule has 2 aromatic rings. The van der Waals surface area contributed by atoms with Crippen molar-refractivity contribution in [1.29, 1.82) is 0 Å². The second kappa shape index (κ2) is 6.78. The van der Waals surface area contributed by atoms with E-state index < -0.39 is 5.82 Å². The smallest absolute Gasteiger partial charge is 0.229 e. The Kier molecular flexibility index (Phi) is 4.57. The van der Waals surface area contributed by atoms with E-state index in [4.69, 9.17) is 11.6 Å². The van der Waals surface area contributed by atoms with Crippen molar-refractivity contribution in [2.45, 2.75) is 0 Å². The van der Waals surface area contributed by atoms with Crippen LogP contribution in [0.1, 0.15) is 0 Å². The number of aromatic nitrogens is 2. The first kappa shape index (κ1) is 15.5. The topological polar surface area (TPSA) is 61.4 Å². The number of carbonyl (C=O) groups excluding carboxylic acids is 1. The number of halogens is 2. The van der Waals surface area contributed by atoms with Crippen LogP contribution in [0, 0.1) is 5.82 Å². The molecule has 0 atom stereocenters. The maximum Gasteiger partial charge on any atom is 0.229 e. The summed E-state index contributed by atoms with van der Waals surface area (Å²) in [6, 6.07) is 6.16. The van der Waals surface area contributed by atoms with Crippen LogP contribution in [0.15, 0.2) is 30.5 Å². The molecule has 8 heteroatoms. The molecule has 0 bridgehead atoms. The van der Waals surface area contributed by atoms with Crippen molar-refractivity contribution in [3.8, 4) is 0 Å². The highest BCUT2D eigenvalue weighted by atomic mass is 35.5. The number of piperazine rings is 1. The lowest BCUT2D eigenvalue weighted by Gasteiger charge is -2.33. The molecule has 2 heterocycles. The van der Waals surface area contributed by atoms with E-state index in [0.717, 1.165) is 25.3 Å². The molecule has 23 heavy (non-hydrogen) atoms. The Balaban J connectivity index is 1.72. The zero-order valence-electron chi connectivity index (χ0n) is 12.2. The third-order valence-corrected chi connectivity index (χ3v) is 3.89. The molecule has 120 valence electrons. The number of hydrogen-bond donors (Lipinski definition) is 1. The molecule has 1 aliphatic heterocycles. The van der Waals surface area contributed by atoms with Gasteiger partial charge in [0.05, 0.1) is 5.02 Å². The van der Waals surface area contributed by atoms with Crippen molar-refractivity contribution >= 4 is 35.5 Å². The Morgan fingerprint density at radius 2 is 2.00 bits per heavy atom. The fourth-order valence-corrected chi connectivity index (χ4v) is 2.53. The number of carbonyl (C=O) groups is 1. The maximum absolute atomic E-state index is 13.2. The molecule has 0 radical (unpaired) electrons. The first-order valence-electron chi connectivity index (χ1n) is 7.15. The van der Waals surface area contributed by atoms with E-state index in [9.17, 15) is 9.18 Å². The average molecular weight is 336 g/mol. The number of nitrogens with zero attached hydrogens (tertiary/aromatic N) is 4. The minimum Gasteiger partial charge on any atom is -0.353 e. The molecular formula is C15H15ClFN5O. The predicted molar refractivity (Wildman–Crippen MR) is 86.6 cm³/mol. The summed E-state index contributed by atoms with van der Waals surface area (Å²) in [7, 11) is 0. The molecule has 0 saturated carbocycles. The summed E-state index contributed by atoms with van der Waals surface area (Å²) in [5.41, 5.74) is 0.610. The molecule has 1 N–H and O–H groups in total. The molecule has 1 saturated heterocycles. The van der Waals surface area contributed by atoms with Gasteiger partial charge in [0, 0.05) is 38.1 Å². The van der Waals surface area contributed by atoms with Crippen LogP contribution in [-0.2, 0) is 4.79 Å². The van der Waals surface area contributed by atoms with Crippen molar-refractivity contribution < 1.29 is 9.18 Å². The number of hydrogen-bond acceptors (Lipinski definition) is 5. The molecule has 1 aromatic heterocycles. The van der Waals surface area contributed by atoms with Gasteiger partial charge in [-0.05, 0) is 24.3 Å². The minimum atomic E-state index is -0.472. The van der Waals surface area contributed by atoms with E-state index in [-0.39, 0.29) is 5.02 Å². The average Bonchev–Trinajstić information content (AvgIpc) is 2.58. The van der Waals surface area contributed by atoms with E-state index >= 15 is 0 Å². The summed E-state index contributed by atoms with van der Waals surface area (Å²) in [6.07, 6.45) is 2.52. The van der Waals surface area contributed by atoms with Gasteiger partial charge in [-0.3, -0.25) is 4.79 Å². The van der Waals surface area contributed by atoms with Crippen molar-refractivity contribution in [3.63, 3.8) is 0 Å². The highest BCUT2D eigenvalue weighted by Crippen LogP contribution is 2.22. The van der Waals surface area contributed by atoms with E-state index in [1.807, 2.05) is 6.07 Å². The predicted octanol–water partition coefficient (Wildman–Crippen LogP) is 2.29. The lowest BCUT2D eigenvalue weighted by molar-refractivity contribution is -0.118. The van der Waals surface area contributed by atoms with Crippen LogP contribution < -0.4 is 10.2 Å². The van der Waals surface area contributed by atoms with Crippen molar-refractivity contribution in [2.24, 2.45) is 0 Å². The number of amides is 1. The monoisotopic (exact) mass is 335 g/mol. The summed E-state index contributed by atoms with van der Waals surface area (Å²) in [6.45, 7) is 2.78. The fraction of sp³-hybridized carbons (Fsp3) is 0.267. The maximum atomic E-state index is 13.2. The molecule has 6 nitrogen and oxygen atoms in total. The summed E-state index contributed by atoms with van der Waals surface area (Å²) in [5.74, 6) is 0.712. The zero-order valence-corrected chi connectivity index (χ0v) is 13.0. The highest BCUT2D eigenvalue weighted by molar-refractivity contribution is 6.31. The second-order valence-electron chi connectivity index (χ2n) is 5.12. The molecule has 0 spiro atoms. The Hall–Kier alpha value is -2.41. The number of anilines is 3. The molecule has 0 unspecified atom stereocenters. The largest absolute Gasteiger partial charge is 0.353 e. The third kappa shape index (κ3) is 3.68. The van der Waals surface area contributed by atoms with Gasteiger partial charge < -0.3 is 15.1 Å². The Labute approximate surface area is 137 Å². The van der Waals surface area contributed by atoms with Crippen LogP contribution in [0.2, 0.25) is 5.02 Å². The van der Waals surface area contributed by atoms with Crippen LogP contribution in [0.25, 0.3) is 0 Å². The number of rotatable bonds is 4. The first-order valence-corrected chi connectivity index (χ1v) is 7.53. The van der Waals surface area contributed by atoms with E-state index in [2.05, 4.69) is 20.2 Å².